The van der Waals surface area contributed by atoms with Crippen molar-refractivity contribution >= 4 is 50.8 Å². The molecule has 2 nitrogen and oxygen atoms in total. The maximum Gasteiger partial charge on any atom is 0.499 e. The second-order valence-corrected chi connectivity index (χ2v) is 4.18. The molecule has 0 saturated heterocycles. The lowest BCUT2D eigenvalue weighted by molar-refractivity contribution is 0.427. The smallest absolute Gasteiger partial charge is 0.423 e. The lowest BCUT2D eigenvalue weighted by Gasteiger charge is -1.87. The van der Waals surface area contributed by atoms with Gasteiger partial charge in [-0.25, -0.2) is 0 Å². The van der Waals surface area contributed by atoms with Crippen LogP contribution in [0.1, 0.15) is 0 Å². The molecule has 0 amide bonds. The first-order valence-corrected chi connectivity index (χ1v) is 4.41. The van der Waals surface area contributed by atoms with E-state index in [2.05, 4.69) is 15.9 Å². The molecule has 2 N–H and O–H groups in total. The van der Waals surface area contributed by atoms with Crippen molar-refractivity contribution in [3.05, 3.63) is 14.9 Å². The van der Waals surface area contributed by atoms with E-state index in [-0.39, 0.29) is 0 Å². The van der Waals surface area contributed by atoms with Gasteiger partial charge in [-0.1, -0.05) is 11.6 Å². The minimum Gasteiger partial charge on any atom is -0.423 e. The molecule has 6 heteroatoms. The lowest BCUT2D eigenvalue weighted by atomic mass is 9.90. The Labute approximate surface area is 75.7 Å². The summed E-state index contributed by atoms with van der Waals surface area (Å²) in [4.78, 5) is 0. The molecule has 1 aromatic heterocycles. The van der Waals surface area contributed by atoms with E-state index in [1.807, 2.05) is 0 Å². The van der Waals surface area contributed by atoms with E-state index in [9.17, 15) is 0 Å². The van der Waals surface area contributed by atoms with Crippen molar-refractivity contribution in [3.8, 4) is 0 Å². The average Bonchev–Trinajstić information content (AvgIpc) is 2.13. The van der Waals surface area contributed by atoms with Gasteiger partial charge in [-0.2, -0.15) is 0 Å². The zero-order valence-electron chi connectivity index (χ0n) is 4.71. The van der Waals surface area contributed by atoms with Gasteiger partial charge in [0, 0.05) is 9.25 Å². The maximum atomic E-state index is 8.65. The zero-order valence-corrected chi connectivity index (χ0v) is 7.87. The lowest BCUT2D eigenvalue weighted by Crippen LogP contribution is -2.26. The highest BCUT2D eigenvalue weighted by atomic mass is 79.9. The Bertz CT molecular complexity index is 220. The molecule has 0 aliphatic heterocycles. The Morgan fingerprint density at radius 1 is 1.60 bits per heavy atom. The van der Waals surface area contributed by atoms with Crippen LogP contribution in [0.3, 0.4) is 0 Å². The molecule has 0 spiro atoms. The van der Waals surface area contributed by atoms with Gasteiger partial charge in [0.15, 0.2) is 0 Å². The van der Waals surface area contributed by atoms with Gasteiger partial charge < -0.3 is 10.0 Å². The van der Waals surface area contributed by atoms with Crippen LogP contribution >= 0.6 is 38.9 Å². The first kappa shape index (κ1) is 8.55. The van der Waals surface area contributed by atoms with Gasteiger partial charge in [0.2, 0.25) is 0 Å². The number of hydrogen-bond donors (Lipinski definition) is 2. The van der Waals surface area contributed by atoms with Crippen LogP contribution < -0.4 is 4.78 Å². The van der Waals surface area contributed by atoms with Gasteiger partial charge in [-0.05, 0) is 22.0 Å². The minimum atomic E-state index is -1.42. The van der Waals surface area contributed by atoms with Gasteiger partial charge in [-0.15, -0.1) is 11.3 Å². The maximum absolute atomic E-state index is 8.65. The standard InChI is InChI=1S/C4H3BBrClO2S/c6-2-1-3(5(8)9)10-4(2)7/h1,8-9H. The highest BCUT2D eigenvalue weighted by Crippen LogP contribution is 2.26. The predicted octanol–water partition coefficient (Wildman–Crippen LogP) is 0.844. The van der Waals surface area contributed by atoms with E-state index < -0.39 is 7.12 Å². The fourth-order valence-corrected chi connectivity index (χ4v) is 2.10. The summed E-state index contributed by atoms with van der Waals surface area (Å²) in [7, 11) is -1.42. The molecule has 0 aliphatic rings. The molecular formula is C4H3BBrClO2S. The molecule has 0 bridgehead atoms. The highest BCUT2D eigenvalue weighted by Gasteiger charge is 2.15. The van der Waals surface area contributed by atoms with Crippen LogP contribution in [0.4, 0.5) is 0 Å². The molecule has 1 aromatic rings. The molecule has 0 fully saturated rings. The van der Waals surface area contributed by atoms with E-state index in [1.54, 1.807) is 6.07 Å². The van der Waals surface area contributed by atoms with E-state index in [1.165, 1.54) is 0 Å². The fraction of sp³-hybridized carbons (Fsp3) is 0. The molecule has 0 unspecified atom stereocenters. The Balaban J connectivity index is 2.98. The second-order valence-electron chi connectivity index (χ2n) is 1.64. The van der Waals surface area contributed by atoms with E-state index in [0.29, 0.717) is 13.6 Å². The molecule has 10 heavy (non-hydrogen) atoms. The van der Waals surface area contributed by atoms with E-state index >= 15 is 0 Å². The van der Waals surface area contributed by atoms with Crippen molar-refractivity contribution in [1.29, 1.82) is 0 Å². The third-order valence-electron chi connectivity index (χ3n) is 0.919. The number of thiophene rings is 1. The molecule has 1 heterocycles. The first-order valence-electron chi connectivity index (χ1n) is 2.42. The zero-order chi connectivity index (χ0) is 7.72. The van der Waals surface area contributed by atoms with Gasteiger partial charge in [0.05, 0.1) is 0 Å². The normalized spacial score (nSPS) is 10.0. The van der Waals surface area contributed by atoms with Gasteiger partial charge >= 0.3 is 7.12 Å². The van der Waals surface area contributed by atoms with Gasteiger partial charge in [0.25, 0.3) is 0 Å². The van der Waals surface area contributed by atoms with Gasteiger partial charge in [-0.3, -0.25) is 0 Å². The fourth-order valence-electron chi connectivity index (χ4n) is 0.491. The molecular weight excluding hydrogens is 238 g/mol. The molecule has 0 atom stereocenters. The summed E-state index contributed by atoms with van der Waals surface area (Å²) in [5, 5.41) is 17.3. The number of rotatable bonds is 1. The number of hydrogen-bond acceptors (Lipinski definition) is 3. The third kappa shape index (κ3) is 1.74. The summed E-state index contributed by atoms with van der Waals surface area (Å²) in [6.07, 6.45) is 0. The molecule has 1 rings (SSSR count). The topological polar surface area (TPSA) is 40.5 Å². The Morgan fingerprint density at radius 2 is 2.20 bits per heavy atom. The summed E-state index contributed by atoms with van der Waals surface area (Å²) >= 11 is 9.90. The van der Waals surface area contributed by atoms with Crippen LogP contribution in [-0.4, -0.2) is 17.2 Å². The third-order valence-corrected chi connectivity index (χ3v) is 3.43. The number of halogens is 2. The van der Waals surface area contributed by atoms with Crippen molar-refractivity contribution in [2.45, 2.75) is 0 Å². The van der Waals surface area contributed by atoms with E-state index in [0.717, 1.165) is 11.3 Å². The van der Waals surface area contributed by atoms with Crippen molar-refractivity contribution in [3.63, 3.8) is 0 Å². The minimum absolute atomic E-state index is 0.442. The monoisotopic (exact) mass is 240 g/mol. The van der Waals surface area contributed by atoms with Crippen LogP contribution in [0.5, 0.6) is 0 Å². The molecule has 0 saturated carbocycles. The quantitative estimate of drug-likeness (QED) is 0.715. The van der Waals surface area contributed by atoms with Crippen molar-refractivity contribution in [2.75, 3.05) is 0 Å². The summed E-state index contributed by atoms with van der Waals surface area (Å²) in [5.41, 5.74) is 0. The largest absolute Gasteiger partial charge is 0.499 e. The summed E-state index contributed by atoms with van der Waals surface area (Å²) in [6.45, 7) is 0. The van der Waals surface area contributed by atoms with Gasteiger partial charge in [0.1, 0.15) is 4.34 Å². The molecule has 0 aromatic carbocycles. The Morgan fingerprint density at radius 3 is 2.40 bits per heavy atom. The summed E-state index contributed by atoms with van der Waals surface area (Å²) < 4.78 is 1.67. The van der Waals surface area contributed by atoms with Crippen LogP contribution in [0.2, 0.25) is 4.34 Å². The molecule has 0 aliphatic carbocycles. The highest BCUT2D eigenvalue weighted by molar-refractivity contribution is 9.10. The summed E-state index contributed by atoms with van der Waals surface area (Å²) in [6, 6.07) is 1.58. The van der Waals surface area contributed by atoms with Crippen LogP contribution in [0.25, 0.3) is 0 Å². The van der Waals surface area contributed by atoms with Crippen LogP contribution in [-0.2, 0) is 0 Å². The summed E-state index contributed by atoms with van der Waals surface area (Å²) in [5.74, 6) is 0. The first-order chi connectivity index (χ1) is 4.61. The Hall–Kier alpha value is 0.455. The molecule has 0 radical (unpaired) electrons. The predicted molar refractivity (Wildman–Crippen MR) is 46.9 cm³/mol. The van der Waals surface area contributed by atoms with Crippen molar-refractivity contribution < 1.29 is 10.0 Å². The SMILES string of the molecule is OB(O)c1cc(Br)c(Cl)s1. The van der Waals surface area contributed by atoms with E-state index in [4.69, 9.17) is 21.6 Å². The second kappa shape index (κ2) is 3.23. The Kier molecular flexibility index (Phi) is 2.77. The van der Waals surface area contributed by atoms with Crippen molar-refractivity contribution in [2.24, 2.45) is 0 Å². The molecule has 54 valence electrons. The average molecular weight is 241 g/mol. The van der Waals surface area contributed by atoms with Crippen LogP contribution in [0.15, 0.2) is 10.5 Å². The van der Waals surface area contributed by atoms with Crippen LogP contribution in [0, 0.1) is 0 Å². The van der Waals surface area contributed by atoms with Crippen molar-refractivity contribution in [1.82, 2.24) is 0 Å².